The Balaban J connectivity index is 1.96. The number of hydrogen-bond acceptors (Lipinski definition) is 10. The molecule has 3 aliphatic heterocycles. The van der Waals surface area contributed by atoms with Gasteiger partial charge in [0.05, 0.1) is 42.2 Å². The summed E-state index contributed by atoms with van der Waals surface area (Å²) in [5.74, 6) is -2.69. The molecule has 0 aromatic rings. The van der Waals surface area contributed by atoms with E-state index in [1.807, 2.05) is 19.9 Å². The van der Waals surface area contributed by atoms with Crippen molar-refractivity contribution in [2.45, 2.75) is 187 Å². The Morgan fingerprint density at radius 1 is 0.980 bits per heavy atom. The van der Waals surface area contributed by atoms with E-state index in [-0.39, 0.29) is 42.5 Å². The summed E-state index contributed by atoms with van der Waals surface area (Å²) in [5, 5.41) is 54.3. The molecular weight excluding hydrogens is 640 g/mol. The molecule has 1 spiro atoms. The minimum atomic E-state index is -1.44. The van der Waals surface area contributed by atoms with E-state index >= 15 is 0 Å². The van der Waals surface area contributed by atoms with Crippen LogP contribution in [0.5, 0.6) is 0 Å². The van der Waals surface area contributed by atoms with Gasteiger partial charge in [-0.1, -0.05) is 67.0 Å². The van der Waals surface area contributed by atoms with Crippen LogP contribution in [-0.4, -0.2) is 91.4 Å². The average Bonchev–Trinajstić information content (AvgIpc) is 3.05. The smallest absolute Gasteiger partial charge is 0.330 e. The molecule has 13 unspecified atom stereocenters. The minimum Gasteiger partial charge on any atom is -0.459 e. The van der Waals surface area contributed by atoms with E-state index in [9.17, 15) is 35.1 Å². The molecule has 0 aliphatic carbocycles. The number of aliphatic hydroxyl groups is 5. The first-order valence-electron chi connectivity index (χ1n) is 19.3. The number of carbonyl (C=O) groups excluding carboxylic acids is 2. The van der Waals surface area contributed by atoms with E-state index < -0.39 is 65.8 Å². The molecule has 0 aromatic heterocycles. The van der Waals surface area contributed by atoms with Crippen LogP contribution in [0.4, 0.5) is 0 Å². The third-order valence-corrected chi connectivity index (χ3v) is 11.6. The van der Waals surface area contributed by atoms with E-state index in [1.165, 1.54) is 6.08 Å². The van der Waals surface area contributed by atoms with E-state index in [0.29, 0.717) is 57.8 Å². The number of rotatable bonds is 5. The third kappa shape index (κ3) is 11.9. The van der Waals surface area contributed by atoms with Crippen LogP contribution < -0.4 is 0 Å². The summed E-state index contributed by atoms with van der Waals surface area (Å²) in [7, 11) is 0. The van der Waals surface area contributed by atoms with Crippen molar-refractivity contribution < 1.29 is 49.3 Å². The van der Waals surface area contributed by atoms with Crippen molar-refractivity contribution in [3.05, 3.63) is 23.8 Å². The first-order valence-corrected chi connectivity index (χ1v) is 19.3. The Kier molecular flexibility index (Phi) is 16.2. The third-order valence-electron chi connectivity index (χ3n) is 11.6. The number of ketones is 1. The summed E-state index contributed by atoms with van der Waals surface area (Å²) in [5.41, 5.74) is -0.709. The van der Waals surface area contributed by atoms with Gasteiger partial charge in [-0.2, -0.15) is 0 Å². The molecule has 288 valence electrons. The number of fused-ring (bicyclic) bond motifs is 2. The fourth-order valence-electron chi connectivity index (χ4n) is 7.65. The Bertz CT molecular complexity index is 1150. The molecule has 50 heavy (non-hydrogen) atoms. The van der Waals surface area contributed by atoms with Crippen molar-refractivity contribution in [1.29, 1.82) is 0 Å². The summed E-state index contributed by atoms with van der Waals surface area (Å²) in [6.45, 7) is 15.1. The largest absolute Gasteiger partial charge is 0.459 e. The summed E-state index contributed by atoms with van der Waals surface area (Å²) in [4.78, 5) is 27.3. The topological polar surface area (TPSA) is 163 Å². The molecule has 10 heteroatoms. The molecule has 0 saturated carbocycles. The van der Waals surface area contributed by atoms with Gasteiger partial charge in [0.2, 0.25) is 0 Å². The number of hydrogen-bond donors (Lipinski definition) is 5. The van der Waals surface area contributed by atoms with Gasteiger partial charge in [-0.25, -0.2) is 4.79 Å². The fourth-order valence-corrected chi connectivity index (χ4v) is 7.65. The lowest BCUT2D eigenvalue weighted by Gasteiger charge is -2.51. The molecule has 5 N–H and O–H groups in total. The molecule has 3 aliphatic rings. The van der Waals surface area contributed by atoms with Gasteiger partial charge in [0, 0.05) is 49.5 Å². The zero-order valence-electron chi connectivity index (χ0n) is 31.9. The normalized spacial score (nSPS) is 41.2. The van der Waals surface area contributed by atoms with Crippen molar-refractivity contribution >= 4 is 11.8 Å². The maximum absolute atomic E-state index is 14.0. The van der Waals surface area contributed by atoms with Gasteiger partial charge in [0.15, 0.2) is 11.6 Å². The number of Topliss-reactive ketones (excluding diaryl/α,β-unsaturated/α-hetero) is 1. The van der Waals surface area contributed by atoms with E-state index in [0.717, 1.165) is 12.0 Å². The van der Waals surface area contributed by atoms with Crippen LogP contribution >= 0.6 is 0 Å². The molecule has 0 aromatic carbocycles. The Morgan fingerprint density at radius 3 is 2.34 bits per heavy atom. The molecule has 2 fully saturated rings. The highest BCUT2D eigenvalue weighted by Crippen LogP contribution is 2.45. The first kappa shape index (κ1) is 42.8. The molecule has 0 radical (unpaired) electrons. The highest BCUT2D eigenvalue weighted by atomic mass is 16.7. The van der Waals surface area contributed by atoms with Crippen molar-refractivity contribution in [1.82, 2.24) is 0 Å². The molecule has 10 nitrogen and oxygen atoms in total. The standard InChI is InChI=1S/C40H68O10/c1-9-30(41)20-33-25(4)16-18-40(49-33)23-35-28(7)34(50-40)21-32(43)29(19-24(2)3)13-11-10-12-17-39(8,47)36(44)22-31(42)27(6)38(46)26(5)14-15-37(45)48-35/h13-15,24-28,30-31,33-36,38,41-42,44,46-47H,9-12,16-23H2,1-8H3. The SMILES string of the molecule is CCC(O)CC1OC2(CCC1C)CC1OC(=O)C=CC(C)C(O)C(C)C(O)CC(O)C(C)(O)CCCCC=C(CC(C)C)C(=O)CC(O2)C1C. The van der Waals surface area contributed by atoms with Crippen LogP contribution in [0.2, 0.25) is 0 Å². The lowest BCUT2D eigenvalue weighted by Crippen LogP contribution is -2.57. The monoisotopic (exact) mass is 708 g/mol. The van der Waals surface area contributed by atoms with Gasteiger partial charge >= 0.3 is 5.97 Å². The van der Waals surface area contributed by atoms with Gasteiger partial charge in [-0.15, -0.1) is 0 Å². The fraction of sp³-hybridized carbons (Fsp3) is 0.850. The van der Waals surface area contributed by atoms with Crippen LogP contribution in [0.1, 0.15) is 132 Å². The van der Waals surface area contributed by atoms with Gasteiger partial charge in [-0.05, 0) is 69.3 Å². The van der Waals surface area contributed by atoms with Gasteiger partial charge < -0.3 is 39.7 Å². The van der Waals surface area contributed by atoms with Crippen molar-refractivity contribution in [2.24, 2.45) is 29.6 Å². The molecule has 13 atom stereocenters. The summed E-state index contributed by atoms with van der Waals surface area (Å²) in [6.07, 6.45) is 5.21. The van der Waals surface area contributed by atoms with Crippen LogP contribution in [0.25, 0.3) is 0 Å². The molecule has 2 saturated heterocycles. The van der Waals surface area contributed by atoms with Crippen molar-refractivity contribution in [2.75, 3.05) is 0 Å². The highest BCUT2D eigenvalue weighted by Gasteiger charge is 2.52. The Hall–Kier alpha value is -1.66. The molecular formula is C40H68O10. The molecule has 3 rings (SSSR count). The zero-order chi connectivity index (χ0) is 37.4. The van der Waals surface area contributed by atoms with Crippen LogP contribution in [-0.2, 0) is 23.8 Å². The first-order chi connectivity index (χ1) is 23.4. The quantitative estimate of drug-likeness (QED) is 0.229. The highest BCUT2D eigenvalue weighted by molar-refractivity contribution is 5.95. The number of aliphatic hydroxyl groups excluding tert-OH is 4. The maximum atomic E-state index is 14.0. The number of carbonyl (C=O) groups is 2. The molecule has 3 heterocycles. The maximum Gasteiger partial charge on any atom is 0.330 e. The van der Waals surface area contributed by atoms with Crippen molar-refractivity contribution in [3.8, 4) is 0 Å². The second kappa shape index (κ2) is 18.9. The molecule has 0 amide bonds. The number of ether oxygens (including phenoxy) is 3. The second-order valence-corrected chi connectivity index (χ2v) is 16.5. The second-order valence-electron chi connectivity index (χ2n) is 16.5. The van der Waals surface area contributed by atoms with E-state index in [4.69, 9.17) is 14.2 Å². The van der Waals surface area contributed by atoms with E-state index in [2.05, 4.69) is 20.8 Å². The number of allylic oxidation sites excluding steroid dienone is 2. The summed E-state index contributed by atoms with van der Waals surface area (Å²) in [6, 6.07) is 0. The Labute approximate surface area is 300 Å². The van der Waals surface area contributed by atoms with E-state index in [1.54, 1.807) is 26.8 Å². The van der Waals surface area contributed by atoms with Crippen LogP contribution in [0.3, 0.4) is 0 Å². The van der Waals surface area contributed by atoms with Crippen molar-refractivity contribution in [3.63, 3.8) is 0 Å². The lowest BCUT2D eigenvalue weighted by atomic mass is 9.80. The summed E-state index contributed by atoms with van der Waals surface area (Å²) >= 11 is 0. The predicted octanol–water partition coefficient (Wildman–Crippen LogP) is 5.55. The minimum absolute atomic E-state index is 0.0183. The van der Waals surface area contributed by atoms with Crippen LogP contribution in [0.15, 0.2) is 23.8 Å². The van der Waals surface area contributed by atoms with Gasteiger partial charge in [-0.3, -0.25) is 4.79 Å². The predicted molar refractivity (Wildman–Crippen MR) is 192 cm³/mol. The van der Waals surface area contributed by atoms with Crippen LogP contribution in [0, 0.1) is 29.6 Å². The lowest BCUT2D eigenvalue weighted by molar-refractivity contribution is -0.346. The number of esters is 1. The Morgan fingerprint density at radius 2 is 1.68 bits per heavy atom. The van der Waals surface area contributed by atoms with Gasteiger partial charge in [0.25, 0.3) is 0 Å². The average molecular weight is 709 g/mol. The van der Waals surface area contributed by atoms with Gasteiger partial charge in [0.1, 0.15) is 6.10 Å². The molecule has 2 bridgehead atoms. The zero-order valence-corrected chi connectivity index (χ0v) is 31.9. The summed E-state index contributed by atoms with van der Waals surface area (Å²) < 4.78 is 19.5.